The molecule has 1 aromatic rings. The fourth-order valence-corrected chi connectivity index (χ4v) is 2.41. The highest BCUT2D eigenvalue weighted by Crippen LogP contribution is 2.19. The van der Waals surface area contributed by atoms with E-state index in [1.165, 1.54) is 0 Å². The minimum absolute atomic E-state index is 0.199. The Labute approximate surface area is 125 Å². The number of aromatic nitrogens is 2. The maximum atomic E-state index is 11.6. The van der Waals surface area contributed by atoms with Crippen molar-refractivity contribution < 1.29 is 9.53 Å². The normalized spacial score (nSPS) is 20.1. The number of carbonyl (C=O) groups excluding carboxylic acids is 1. The molecule has 0 aliphatic carbocycles. The molecule has 0 spiro atoms. The predicted octanol–water partition coefficient (Wildman–Crippen LogP) is 1.68. The Kier molecular flexibility index (Phi) is 5.50. The Hall–Kier alpha value is -1.69. The Morgan fingerprint density at radius 1 is 1.62 bits per heavy atom. The third-order valence-corrected chi connectivity index (χ3v) is 3.58. The van der Waals surface area contributed by atoms with Crippen LogP contribution in [0.2, 0.25) is 0 Å². The van der Waals surface area contributed by atoms with Crippen LogP contribution in [0.15, 0.2) is 12.3 Å². The van der Waals surface area contributed by atoms with Crippen LogP contribution in [-0.4, -0.2) is 41.6 Å². The highest BCUT2D eigenvalue weighted by atomic mass is 16.5. The smallest absolute Gasteiger partial charge is 0.306 e. The molecule has 1 aliphatic heterocycles. The van der Waals surface area contributed by atoms with Crippen LogP contribution in [0.4, 0.5) is 5.82 Å². The van der Waals surface area contributed by atoms with Crippen LogP contribution < -0.4 is 10.2 Å². The van der Waals surface area contributed by atoms with Gasteiger partial charge < -0.3 is 15.0 Å². The molecule has 1 saturated heterocycles. The van der Waals surface area contributed by atoms with Gasteiger partial charge in [-0.1, -0.05) is 6.92 Å². The number of nitrogens with zero attached hydrogens (tertiary/aromatic N) is 3. The molecule has 2 rings (SSSR count). The average molecular weight is 292 g/mol. The predicted molar refractivity (Wildman–Crippen MR) is 81.1 cm³/mol. The van der Waals surface area contributed by atoms with Crippen LogP contribution in [0.25, 0.3) is 0 Å². The van der Waals surface area contributed by atoms with Crippen molar-refractivity contribution in [1.29, 1.82) is 0 Å². The van der Waals surface area contributed by atoms with Crippen molar-refractivity contribution in [1.82, 2.24) is 15.3 Å². The lowest BCUT2D eigenvalue weighted by atomic mass is 10.2. The van der Waals surface area contributed by atoms with Crippen molar-refractivity contribution in [2.45, 2.75) is 45.8 Å². The molecule has 1 fully saturated rings. The summed E-state index contributed by atoms with van der Waals surface area (Å²) >= 11 is 0. The van der Waals surface area contributed by atoms with Gasteiger partial charge in [0.1, 0.15) is 5.82 Å². The highest BCUT2D eigenvalue weighted by Gasteiger charge is 2.21. The molecule has 0 amide bonds. The zero-order valence-electron chi connectivity index (χ0n) is 13.0. The van der Waals surface area contributed by atoms with Gasteiger partial charge in [0.15, 0.2) is 11.9 Å². The number of carbonyl (C=O) groups is 1. The molecule has 0 aromatic carbocycles. The molecule has 1 aromatic heterocycles. The van der Waals surface area contributed by atoms with Crippen molar-refractivity contribution in [2.24, 2.45) is 0 Å². The van der Waals surface area contributed by atoms with Crippen LogP contribution >= 0.6 is 0 Å². The lowest BCUT2D eigenvalue weighted by Gasteiger charge is -2.35. The molecule has 0 unspecified atom stereocenters. The van der Waals surface area contributed by atoms with Gasteiger partial charge in [-0.2, -0.15) is 0 Å². The average Bonchev–Trinajstić information content (AvgIpc) is 2.48. The van der Waals surface area contributed by atoms with E-state index in [-0.39, 0.29) is 5.97 Å². The number of ether oxygens (including phenoxy) is 1. The maximum absolute atomic E-state index is 11.6. The first-order chi connectivity index (χ1) is 10.1. The molecule has 6 heteroatoms. The third kappa shape index (κ3) is 4.14. The van der Waals surface area contributed by atoms with E-state index in [0.29, 0.717) is 18.3 Å². The Balaban J connectivity index is 2.07. The van der Waals surface area contributed by atoms with Crippen molar-refractivity contribution in [2.75, 3.05) is 24.5 Å². The Morgan fingerprint density at radius 2 is 2.43 bits per heavy atom. The summed E-state index contributed by atoms with van der Waals surface area (Å²) < 4.78 is 5.35. The molecule has 6 nitrogen and oxygen atoms in total. The minimum atomic E-state index is -0.415. The first kappa shape index (κ1) is 15.7. The first-order valence-corrected chi connectivity index (χ1v) is 7.61. The van der Waals surface area contributed by atoms with Gasteiger partial charge in [0.2, 0.25) is 0 Å². The fourth-order valence-electron chi connectivity index (χ4n) is 2.41. The number of hydrogen-bond donors (Lipinski definition) is 1. The van der Waals surface area contributed by atoms with E-state index in [1.54, 1.807) is 6.20 Å². The molecule has 0 saturated carbocycles. The monoisotopic (exact) mass is 292 g/mol. The summed E-state index contributed by atoms with van der Waals surface area (Å²) in [6.45, 7) is 8.74. The second-order valence-corrected chi connectivity index (χ2v) is 5.40. The Bertz CT molecular complexity index is 480. The summed E-state index contributed by atoms with van der Waals surface area (Å²) in [5, 5.41) is 3.36. The summed E-state index contributed by atoms with van der Waals surface area (Å²) in [7, 11) is 0. The topological polar surface area (TPSA) is 67.3 Å². The number of piperazine rings is 1. The summed E-state index contributed by atoms with van der Waals surface area (Å²) in [6, 6.07) is 2.30. The second kappa shape index (κ2) is 7.36. The van der Waals surface area contributed by atoms with Crippen LogP contribution in [0.3, 0.4) is 0 Å². The highest BCUT2D eigenvalue weighted by molar-refractivity contribution is 5.69. The van der Waals surface area contributed by atoms with E-state index in [9.17, 15) is 4.79 Å². The minimum Gasteiger partial charge on any atom is -0.454 e. The molecule has 116 valence electrons. The van der Waals surface area contributed by atoms with Gasteiger partial charge in [-0.05, 0) is 26.3 Å². The standard InChI is InChI=1S/C15H24N4O2/c1-4-5-14(20)21-12(3)15-17-7-6-13(18-15)19-9-8-16-10-11(19)2/h6-7,11-12,16H,4-5,8-10H2,1-3H3/t11-,12-/m1/s1. The van der Waals surface area contributed by atoms with E-state index < -0.39 is 6.10 Å². The quantitative estimate of drug-likeness (QED) is 0.833. The molecular weight excluding hydrogens is 268 g/mol. The Morgan fingerprint density at radius 3 is 3.14 bits per heavy atom. The molecule has 2 atom stereocenters. The van der Waals surface area contributed by atoms with Gasteiger partial charge in [0.25, 0.3) is 0 Å². The lowest BCUT2D eigenvalue weighted by molar-refractivity contribution is -0.149. The van der Waals surface area contributed by atoms with Gasteiger partial charge in [-0.3, -0.25) is 4.79 Å². The largest absolute Gasteiger partial charge is 0.454 e. The van der Waals surface area contributed by atoms with E-state index >= 15 is 0 Å². The maximum Gasteiger partial charge on any atom is 0.306 e. The summed E-state index contributed by atoms with van der Waals surface area (Å²) in [5.74, 6) is 1.25. The van der Waals surface area contributed by atoms with Crippen LogP contribution in [0.5, 0.6) is 0 Å². The van der Waals surface area contributed by atoms with Gasteiger partial charge in [0.05, 0.1) is 0 Å². The van der Waals surface area contributed by atoms with E-state index in [2.05, 4.69) is 27.1 Å². The molecular formula is C15H24N4O2. The van der Waals surface area contributed by atoms with E-state index in [0.717, 1.165) is 31.9 Å². The summed E-state index contributed by atoms with van der Waals surface area (Å²) in [4.78, 5) is 22.6. The number of rotatable bonds is 5. The van der Waals surface area contributed by atoms with Crippen LogP contribution in [0, 0.1) is 0 Å². The molecule has 2 heterocycles. The van der Waals surface area contributed by atoms with Crippen molar-refractivity contribution >= 4 is 11.8 Å². The number of anilines is 1. The number of hydrogen-bond acceptors (Lipinski definition) is 6. The molecule has 1 aliphatic rings. The van der Waals surface area contributed by atoms with Crippen LogP contribution in [0.1, 0.15) is 45.5 Å². The first-order valence-electron chi connectivity index (χ1n) is 7.61. The summed E-state index contributed by atoms with van der Waals surface area (Å²) in [6.07, 6.45) is 2.53. The zero-order valence-corrected chi connectivity index (χ0v) is 13.0. The van der Waals surface area contributed by atoms with Gasteiger partial charge in [-0.25, -0.2) is 9.97 Å². The molecule has 21 heavy (non-hydrogen) atoms. The van der Waals surface area contributed by atoms with Gasteiger partial charge >= 0.3 is 5.97 Å². The van der Waals surface area contributed by atoms with Gasteiger partial charge in [0, 0.05) is 38.3 Å². The van der Waals surface area contributed by atoms with Crippen molar-refractivity contribution in [3.8, 4) is 0 Å². The van der Waals surface area contributed by atoms with Crippen molar-refractivity contribution in [3.63, 3.8) is 0 Å². The number of esters is 1. The van der Waals surface area contributed by atoms with Crippen molar-refractivity contribution in [3.05, 3.63) is 18.1 Å². The summed E-state index contributed by atoms with van der Waals surface area (Å²) in [5.41, 5.74) is 0. The van der Waals surface area contributed by atoms with Crippen LogP contribution in [-0.2, 0) is 9.53 Å². The third-order valence-electron chi connectivity index (χ3n) is 3.58. The number of nitrogens with one attached hydrogen (secondary N) is 1. The molecule has 1 N–H and O–H groups in total. The molecule has 0 radical (unpaired) electrons. The van der Waals surface area contributed by atoms with E-state index in [1.807, 2.05) is 19.9 Å². The van der Waals surface area contributed by atoms with E-state index in [4.69, 9.17) is 4.74 Å². The SMILES string of the molecule is CCCC(=O)O[C@H](C)c1nccc(N2CCNC[C@H]2C)n1. The fraction of sp³-hybridized carbons (Fsp3) is 0.667. The second-order valence-electron chi connectivity index (χ2n) is 5.40. The molecule has 0 bridgehead atoms. The lowest BCUT2D eigenvalue weighted by Crippen LogP contribution is -2.50. The zero-order chi connectivity index (χ0) is 15.2. The van der Waals surface area contributed by atoms with Gasteiger partial charge in [-0.15, -0.1) is 0 Å².